The number of hydrogen-bond donors (Lipinski definition) is 1. The molecule has 4 aromatic carbocycles. The van der Waals surface area contributed by atoms with Gasteiger partial charge in [0.25, 0.3) is 0 Å². The van der Waals surface area contributed by atoms with Gasteiger partial charge < -0.3 is 38.3 Å². The van der Waals surface area contributed by atoms with Crippen molar-refractivity contribution in [2.75, 3.05) is 40.0 Å². The lowest BCUT2D eigenvalue weighted by Gasteiger charge is -2.40. The third-order valence-electron chi connectivity index (χ3n) is 10.6. The Morgan fingerprint density at radius 1 is 0.879 bits per heavy atom. The van der Waals surface area contributed by atoms with Crippen molar-refractivity contribution in [3.05, 3.63) is 130 Å². The van der Waals surface area contributed by atoms with Gasteiger partial charge >= 0.3 is 11.8 Å². The number of hydrogen-bond acceptors (Lipinski definition) is 8. The van der Waals surface area contributed by atoms with Crippen molar-refractivity contribution >= 4 is 25.2 Å². The van der Waals surface area contributed by atoms with Gasteiger partial charge in [0.1, 0.15) is 24.8 Å². The number of amides is 1. The van der Waals surface area contributed by atoms with Crippen LogP contribution in [0.5, 0.6) is 11.5 Å². The number of H-pyrrole nitrogens is 1. The van der Waals surface area contributed by atoms with Gasteiger partial charge in [0.2, 0.25) is 0 Å². The molecule has 1 N–H and O–H groups in total. The van der Waals surface area contributed by atoms with Crippen molar-refractivity contribution in [1.29, 1.82) is 0 Å². The first-order chi connectivity index (χ1) is 28.1. The molecule has 0 saturated carbocycles. The SMILES string of the molecule is CCC(OC1CN(C(=O)OCc2ccccc2)CCC1c1ccc(OCCCOCc2ccccc2OC)cc1)c1cccc2[nH]c(=O)n(COCC[Si](C)(C)C)c12. The smallest absolute Gasteiger partial charge is 0.410 e. The number of piperidine rings is 1. The minimum atomic E-state index is -1.30. The van der Waals surface area contributed by atoms with E-state index >= 15 is 0 Å². The Morgan fingerprint density at radius 2 is 1.66 bits per heavy atom. The third kappa shape index (κ3) is 11.6. The molecule has 1 aliphatic rings. The predicted octanol–water partition coefficient (Wildman–Crippen LogP) is 9.30. The van der Waals surface area contributed by atoms with Crippen molar-refractivity contribution in [3.8, 4) is 11.5 Å². The van der Waals surface area contributed by atoms with Crippen LogP contribution in [0.4, 0.5) is 4.79 Å². The fourth-order valence-corrected chi connectivity index (χ4v) is 8.10. The minimum Gasteiger partial charge on any atom is -0.496 e. The van der Waals surface area contributed by atoms with Crippen molar-refractivity contribution in [2.24, 2.45) is 0 Å². The van der Waals surface area contributed by atoms with Gasteiger partial charge in [0, 0.05) is 44.7 Å². The maximum atomic E-state index is 13.5. The maximum Gasteiger partial charge on any atom is 0.410 e. The lowest BCUT2D eigenvalue weighted by atomic mass is 9.86. The zero-order valence-electron chi connectivity index (χ0n) is 34.6. The van der Waals surface area contributed by atoms with Gasteiger partial charge in [-0.25, -0.2) is 9.59 Å². The van der Waals surface area contributed by atoms with Crippen LogP contribution in [0.25, 0.3) is 11.0 Å². The van der Waals surface area contributed by atoms with Gasteiger partial charge in [-0.3, -0.25) is 4.57 Å². The molecular formula is C46H59N3O8Si. The normalized spacial score (nSPS) is 16.3. The van der Waals surface area contributed by atoms with Gasteiger partial charge in [-0.05, 0) is 54.3 Å². The molecule has 3 atom stereocenters. The summed E-state index contributed by atoms with van der Waals surface area (Å²) in [5.74, 6) is 1.61. The molecule has 1 amide bonds. The zero-order valence-corrected chi connectivity index (χ0v) is 35.6. The van der Waals surface area contributed by atoms with E-state index in [-0.39, 0.29) is 43.2 Å². The number of fused-ring (bicyclic) bond motifs is 1. The molecule has 1 saturated heterocycles. The molecule has 6 rings (SSSR count). The summed E-state index contributed by atoms with van der Waals surface area (Å²) >= 11 is 0. The standard InChI is InChI=1S/C46H59N3O8Si/c1-6-41(39-17-12-18-40-44(39)49(45(50)47-40)33-54-28-29-58(3,4)5)57-43-30-48(46(51)56-31-34-14-8-7-9-15-34)25-24-38(43)35-20-22-37(23-21-35)55-27-13-26-53-32-36-16-10-11-19-42(36)52-2/h7-12,14-23,38,41,43H,6,13,24-33H2,1-5H3,(H,47,50). The number of carbonyl (C=O) groups excluding carboxylic acids is 1. The summed E-state index contributed by atoms with van der Waals surface area (Å²) in [5, 5.41) is 0. The molecule has 0 radical (unpaired) electrons. The molecule has 11 nitrogen and oxygen atoms in total. The number of imidazole rings is 1. The third-order valence-corrected chi connectivity index (χ3v) is 12.3. The number of rotatable bonds is 20. The van der Waals surface area contributed by atoms with E-state index < -0.39 is 8.07 Å². The molecular weight excluding hydrogens is 751 g/mol. The van der Waals surface area contributed by atoms with Crippen LogP contribution in [0.1, 0.15) is 60.5 Å². The molecule has 5 aromatic rings. The van der Waals surface area contributed by atoms with Gasteiger partial charge in [-0.1, -0.05) is 99.4 Å². The quantitative estimate of drug-likeness (QED) is 0.0612. The summed E-state index contributed by atoms with van der Waals surface area (Å²) in [6.07, 6.45) is 1.03. The number of para-hydroxylation sites is 2. The molecule has 12 heteroatoms. The molecule has 1 aromatic heterocycles. The van der Waals surface area contributed by atoms with E-state index in [1.165, 1.54) is 0 Å². The van der Waals surface area contributed by atoms with Crippen molar-refractivity contribution in [2.45, 2.75) is 89.9 Å². The van der Waals surface area contributed by atoms with Crippen LogP contribution in [-0.4, -0.2) is 74.7 Å². The van der Waals surface area contributed by atoms with E-state index in [0.717, 1.165) is 57.3 Å². The first kappa shape index (κ1) is 42.7. The van der Waals surface area contributed by atoms with Crippen LogP contribution in [0.15, 0.2) is 102 Å². The monoisotopic (exact) mass is 809 g/mol. The molecule has 3 unspecified atom stereocenters. The number of methoxy groups -OCH3 is 1. The van der Waals surface area contributed by atoms with Gasteiger partial charge in [-0.2, -0.15) is 0 Å². The van der Waals surface area contributed by atoms with E-state index in [4.69, 9.17) is 28.4 Å². The summed E-state index contributed by atoms with van der Waals surface area (Å²) in [6, 6.07) is 32.7. The first-order valence-electron chi connectivity index (χ1n) is 20.5. The Kier molecular flexibility index (Phi) is 15.2. The summed E-state index contributed by atoms with van der Waals surface area (Å²) in [4.78, 5) is 31.5. The average molecular weight is 810 g/mol. The van der Waals surface area contributed by atoms with E-state index in [9.17, 15) is 9.59 Å². The number of likely N-dealkylation sites (tertiary alicyclic amines) is 1. The number of ether oxygens (including phenoxy) is 6. The van der Waals surface area contributed by atoms with E-state index in [1.54, 1.807) is 16.6 Å². The fourth-order valence-electron chi connectivity index (χ4n) is 7.34. The lowest BCUT2D eigenvalue weighted by Crippen LogP contribution is -2.47. The van der Waals surface area contributed by atoms with Crippen molar-refractivity contribution < 1.29 is 33.2 Å². The van der Waals surface area contributed by atoms with E-state index in [0.29, 0.717) is 52.4 Å². The highest BCUT2D eigenvalue weighted by atomic mass is 28.3. The number of carbonyl (C=O) groups is 1. The summed E-state index contributed by atoms with van der Waals surface area (Å²) in [6.45, 7) is 12.4. The second-order valence-corrected chi connectivity index (χ2v) is 21.7. The number of aromatic nitrogens is 2. The zero-order chi connectivity index (χ0) is 40.9. The second-order valence-electron chi connectivity index (χ2n) is 16.0. The van der Waals surface area contributed by atoms with E-state index in [1.807, 2.05) is 84.9 Å². The van der Waals surface area contributed by atoms with Crippen LogP contribution in [0, 0.1) is 0 Å². The van der Waals surface area contributed by atoms with Crippen LogP contribution in [0.3, 0.4) is 0 Å². The van der Waals surface area contributed by atoms with Gasteiger partial charge in [0.05, 0.1) is 56.7 Å². The molecule has 58 heavy (non-hydrogen) atoms. The Labute approximate surface area is 343 Å². The highest BCUT2D eigenvalue weighted by molar-refractivity contribution is 6.76. The van der Waals surface area contributed by atoms with Crippen LogP contribution >= 0.6 is 0 Å². The number of benzene rings is 4. The Bertz CT molecular complexity index is 2100. The molecule has 0 aliphatic carbocycles. The average Bonchev–Trinajstić information content (AvgIpc) is 3.56. The highest BCUT2D eigenvalue weighted by Gasteiger charge is 2.36. The largest absolute Gasteiger partial charge is 0.496 e. The van der Waals surface area contributed by atoms with Gasteiger partial charge in [-0.15, -0.1) is 0 Å². The molecule has 0 bridgehead atoms. The fraction of sp³-hybridized carbons (Fsp3) is 0.435. The van der Waals surface area contributed by atoms with Gasteiger partial charge in [0.15, 0.2) is 0 Å². The minimum absolute atomic E-state index is 0.00201. The van der Waals surface area contributed by atoms with Crippen LogP contribution < -0.4 is 15.2 Å². The lowest BCUT2D eigenvalue weighted by molar-refractivity contribution is -0.0606. The highest BCUT2D eigenvalue weighted by Crippen LogP contribution is 2.37. The number of aromatic amines is 1. The van der Waals surface area contributed by atoms with Crippen LogP contribution in [-0.2, 0) is 38.9 Å². The summed E-state index contributed by atoms with van der Waals surface area (Å²) < 4.78 is 38.0. The molecule has 310 valence electrons. The predicted molar refractivity (Wildman–Crippen MR) is 229 cm³/mol. The Balaban J connectivity index is 1.15. The first-order valence-corrected chi connectivity index (χ1v) is 24.2. The maximum absolute atomic E-state index is 13.5. The molecule has 1 fully saturated rings. The second kappa shape index (κ2) is 20.7. The topological polar surface area (TPSA) is 113 Å². The summed E-state index contributed by atoms with van der Waals surface area (Å²) in [5.41, 5.74) is 5.28. The van der Waals surface area contributed by atoms with Crippen LogP contribution in [0.2, 0.25) is 25.7 Å². The molecule has 0 spiro atoms. The van der Waals surface area contributed by atoms with Crippen molar-refractivity contribution in [3.63, 3.8) is 0 Å². The summed E-state index contributed by atoms with van der Waals surface area (Å²) in [7, 11) is 0.369. The number of nitrogens with one attached hydrogen (secondary N) is 1. The number of nitrogens with zero attached hydrogens (tertiary/aromatic N) is 2. The van der Waals surface area contributed by atoms with E-state index in [2.05, 4.69) is 43.7 Å². The molecule has 1 aliphatic heterocycles. The Morgan fingerprint density at radius 3 is 2.41 bits per heavy atom. The molecule has 2 heterocycles. The van der Waals surface area contributed by atoms with Crippen molar-refractivity contribution in [1.82, 2.24) is 14.5 Å². The Hall–Kier alpha value is -4.88.